The Bertz CT molecular complexity index is 947. The predicted octanol–water partition coefficient (Wildman–Crippen LogP) is 4.59. The van der Waals surface area contributed by atoms with Gasteiger partial charge in [-0.2, -0.15) is 0 Å². The van der Waals surface area contributed by atoms with Crippen molar-refractivity contribution < 1.29 is 9.53 Å². The molecule has 3 aromatic rings. The van der Waals surface area contributed by atoms with Crippen molar-refractivity contribution in [2.24, 2.45) is 5.92 Å². The maximum absolute atomic E-state index is 12.8. The number of ketones is 1. The second-order valence-corrected chi connectivity index (χ2v) is 6.73. The van der Waals surface area contributed by atoms with E-state index in [1.165, 1.54) is 0 Å². The highest BCUT2D eigenvalue weighted by molar-refractivity contribution is 6.07. The molecule has 0 amide bonds. The van der Waals surface area contributed by atoms with Gasteiger partial charge in [0.1, 0.15) is 5.75 Å². The number of nitrogens with one attached hydrogen (secondary N) is 2. The van der Waals surface area contributed by atoms with Crippen molar-refractivity contribution in [1.29, 1.82) is 0 Å². The van der Waals surface area contributed by atoms with E-state index in [0.29, 0.717) is 18.1 Å². The zero-order valence-electron chi connectivity index (χ0n) is 14.9. The van der Waals surface area contributed by atoms with Crippen molar-refractivity contribution in [2.45, 2.75) is 19.8 Å². The van der Waals surface area contributed by atoms with E-state index in [0.717, 1.165) is 40.3 Å². The van der Waals surface area contributed by atoms with E-state index in [1.807, 2.05) is 36.4 Å². The van der Waals surface area contributed by atoms with E-state index in [9.17, 15) is 4.79 Å². The first-order chi connectivity index (χ1) is 12.7. The molecule has 0 radical (unpaired) electrons. The van der Waals surface area contributed by atoms with Gasteiger partial charge in [0.25, 0.3) is 0 Å². The van der Waals surface area contributed by atoms with E-state index in [-0.39, 0.29) is 5.78 Å². The molecule has 2 heterocycles. The first kappa shape index (κ1) is 16.4. The lowest BCUT2D eigenvalue weighted by molar-refractivity contribution is 0.0954. The molecule has 4 rings (SSSR count). The first-order valence-electron chi connectivity index (χ1n) is 8.76. The maximum Gasteiger partial charge on any atom is 0.167 e. The van der Waals surface area contributed by atoms with Gasteiger partial charge >= 0.3 is 0 Å². The molecule has 1 aliphatic carbocycles. The van der Waals surface area contributed by atoms with Crippen LogP contribution in [0.15, 0.2) is 48.8 Å². The topological polar surface area (TPSA) is 67.0 Å². The number of ether oxygens (including phenoxy) is 1. The fourth-order valence-corrected chi connectivity index (χ4v) is 3.59. The third kappa shape index (κ3) is 2.86. The molecule has 1 aliphatic rings. The number of fused-ring (bicyclic) bond motifs is 1. The number of rotatable bonds is 4. The van der Waals surface area contributed by atoms with Gasteiger partial charge in [0.15, 0.2) is 5.78 Å². The molecule has 1 unspecified atom stereocenters. The van der Waals surface area contributed by atoms with Gasteiger partial charge in [0, 0.05) is 29.6 Å². The van der Waals surface area contributed by atoms with E-state index in [2.05, 4.69) is 22.2 Å². The Balaban J connectivity index is 1.90. The maximum atomic E-state index is 12.8. The molecule has 1 aromatic carbocycles. The van der Waals surface area contributed by atoms with Gasteiger partial charge < -0.3 is 15.0 Å². The summed E-state index contributed by atoms with van der Waals surface area (Å²) in [6.07, 6.45) is 4.85. The third-order valence-electron chi connectivity index (χ3n) is 4.76. The summed E-state index contributed by atoms with van der Waals surface area (Å²) in [5, 5.41) is 3.45. The Labute approximate surface area is 152 Å². The van der Waals surface area contributed by atoms with Crippen molar-refractivity contribution in [2.75, 3.05) is 12.4 Å². The van der Waals surface area contributed by atoms with E-state index >= 15 is 0 Å². The molecular formula is C21H21N3O2. The van der Waals surface area contributed by atoms with Gasteiger partial charge in [-0.25, -0.2) is 0 Å². The molecule has 0 fully saturated rings. The standard InChI is InChI=1S/C21H21N3O2/c1-13-10-16-19(17(25)11-13)21(23-14-6-4-3-5-7-14)20(24-16)15-8-9-22-12-18(15)26-2/h3-9,12-13,23-24H,10-11H2,1-2H3. The quantitative estimate of drug-likeness (QED) is 0.724. The van der Waals surface area contributed by atoms with Crippen LogP contribution in [0.2, 0.25) is 0 Å². The Morgan fingerprint density at radius 2 is 2.00 bits per heavy atom. The van der Waals surface area contributed by atoms with Crippen LogP contribution >= 0.6 is 0 Å². The Morgan fingerprint density at radius 1 is 1.19 bits per heavy atom. The molecule has 5 nitrogen and oxygen atoms in total. The van der Waals surface area contributed by atoms with Crippen LogP contribution in [0.25, 0.3) is 11.3 Å². The normalized spacial score (nSPS) is 16.2. The first-order valence-corrected chi connectivity index (χ1v) is 8.76. The van der Waals surface area contributed by atoms with E-state index in [1.54, 1.807) is 19.5 Å². The van der Waals surface area contributed by atoms with Gasteiger partial charge in [-0.1, -0.05) is 25.1 Å². The van der Waals surface area contributed by atoms with Gasteiger partial charge in [0.05, 0.1) is 30.3 Å². The number of aromatic nitrogens is 2. The highest BCUT2D eigenvalue weighted by Gasteiger charge is 2.30. The van der Waals surface area contributed by atoms with Crippen LogP contribution in [0, 0.1) is 5.92 Å². The lowest BCUT2D eigenvalue weighted by atomic mass is 9.87. The summed E-state index contributed by atoms with van der Waals surface area (Å²) >= 11 is 0. The van der Waals surface area contributed by atoms with Crippen LogP contribution in [0.4, 0.5) is 11.4 Å². The number of pyridine rings is 1. The van der Waals surface area contributed by atoms with Crippen molar-refractivity contribution in [3.05, 3.63) is 60.0 Å². The van der Waals surface area contributed by atoms with Crippen LogP contribution in [0.5, 0.6) is 5.75 Å². The number of para-hydroxylation sites is 1. The molecule has 0 saturated heterocycles. The SMILES string of the molecule is COc1cnccc1-c1[nH]c2c(c1Nc1ccccc1)C(=O)CC(C)C2. The summed E-state index contributed by atoms with van der Waals surface area (Å²) in [6, 6.07) is 11.8. The van der Waals surface area contributed by atoms with Crippen molar-refractivity contribution >= 4 is 17.2 Å². The van der Waals surface area contributed by atoms with Gasteiger partial charge in [-0.05, 0) is 30.5 Å². The third-order valence-corrected chi connectivity index (χ3v) is 4.76. The van der Waals surface area contributed by atoms with Crippen molar-refractivity contribution in [1.82, 2.24) is 9.97 Å². The molecule has 26 heavy (non-hydrogen) atoms. The monoisotopic (exact) mass is 347 g/mol. The molecule has 0 bridgehead atoms. The number of carbonyl (C=O) groups is 1. The van der Waals surface area contributed by atoms with Crippen LogP contribution in [-0.4, -0.2) is 22.9 Å². The summed E-state index contributed by atoms with van der Waals surface area (Å²) in [5.41, 5.74) is 5.25. The minimum absolute atomic E-state index is 0.174. The summed E-state index contributed by atoms with van der Waals surface area (Å²) in [5.74, 6) is 1.18. The van der Waals surface area contributed by atoms with Crippen LogP contribution in [0.1, 0.15) is 29.4 Å². The number of carbonyl (C=O) groups excluding carboxylic acids is 1. The number of H-pyrrole nitrogens is 1. The lowest BCUT2D eigenvalue weighted by Gasteiger charge is -2.18. The Morgan fingerprint density at radius 3 is 2.77 bits per heavy atom. The lowest BCUT2D eigenvalue weighted by Crippen LogP contribution is -2.17. The van der Waals surface area contributed by atoms with E-state index in [4.69, 9.17) is 4.74 Å². The van der Waals surface area contributed by atoms with Gasteiger partial charge in [0.2, 0.25) is 0 Å². The number of nitrogens with zero attached hydrogens (tertiary/aromatic N) is 1. The Hall–Kier alpha value is -3.08. The number of methoxy groups -OCH3 is 1. The second-order valence-electron chi connectivity index (χ2n) is 6.73. The van der Waals surface area contributed by atoms with Crippen LogP contribution in [0.3, 0.4) is 0 Å². The Kier molecular flexibility index (Phi) is 4.21. The zero-order valence-corrected chi connectivity index (χ0v) is 14.9. The van der Waals surface area contributed by atoms with Crippen molar-refractivity contribution in [3.63, 3.8) is 0 Å². The molecule has 1 atom stereocenters. The molecule has 132 valence electrons. The minimum atomic E-state index is 0.174. The van der Waals surface area contributed by atoms with Crippen LogP contribution < -0.4 is 10.1 Å². The summed E-state index contributed by atoms with van der Waals surface area (Å²) in [6.45, 7) is 2.11. The molecule has 0 spiro atoms. The number of hydrogen-bond donors (Lipinski definition) is 2. The molecular weight excluding hydrogens is 326 g/mol. The molecule has 0 saturated carbocycles. The zero-order chi connectivity index (χ0) is 18.1. The number of hydrogen-bond acceptors (Lipinski definition) is 4. The smallest absolute Gasteiger partial charge is 0.167 e. The average Bonchev–Trinajstić information content (AvgIpc) is 3.00. The highest BCUT2D eigenvalue weighted by atomic mass is 16.5. The number of aromatic amines is 1. The fourth-order valence-electron chi connectivity index (χ4n) is 3.59. The minimum Gasteiger partial charge on any atom is -0.494 e. The summed E-state index contributed by atoms with van der Waals surface area (Å²) in [7, 11) is 1.63. The predicted molar refractivity (Wildman–Crippen MR) is 102 cm³/mol. The fraction of sp³-hybridized carbons (Fsp3) is 0.238. The molecule has 0 aliphatic heterocycles. The van der Waals surface area contributed by atoms with Gasteiger partial charge in [-0.15, -0.1) is 0 Å². The number of anilines is 2. The second kappa shape index (κ2) is 6.67. The molecule has 5 heteroatoms. The summed E-state index contributed by atoms with van der Waals surface area (Å²) in [4.78, 5) is 20.4. The number of benzene rings is 1. The largest absolute Gasteiger partial charge is 0.494 e. The van der Waals surface area contributed by atoms with Gasteiger partial charge in [-0.3, -0.25) is 9.78 Å². The average molecular weight is 347 g/mol. The molecule has 2 N–H and O–H groups in total. The van der Waals surface area contributed by atoms with E-state index < -0.39 is 0 Å². The molecule has 2 aromatic heterocycles. The van der Waals surface area contributed by atoms with Crippen molar-refractivity contribution in [3.8, 4) is 17.0 Å². The summed E-state index contributed by atoms with van der Waals surface area (Å²) < 4.78 is 5.49. The highest BCUT2D eigenvalue weighted by Crippen LogP contribution is 2.42. The van der Waals surface area contributed by atoms with Crippen LogP contribution in [-0.2, 0) is 6.42 Å². The number of Topliss-reactive ketones (excluding diaryl/α,β-unsaturated/α-hetero) is 1.